The van der Waals surface area contributed by atoms with Crippen molar-refractivity contribution in [1.82, 2.24) is 10.2 Å². The SMILES string of the molecule is Clc1cnnc(C2CCOCC2)c1. The molecule has 13 heavy (non-hydrogen) atoms. The Bertz CT molecular complexity index is 287. The number of hydrogen-bond donors (Lipinski definition) is 0. The zero-order chi connectivity index (χ0) is 9.10. The average Bonchev–Trinajstić information content (AvgIpc) is 2.19. The van der Waals surface area contributed by atoms with E-state index < -0.39 is 0 Å². The van der Waals surface area contributed by atoms with Crippen molar-refractivity contribution in [2.24, 2.45) is 0 Å². The lowest BCUT2D eigenvalue weighted by Gasteiger charge is -2.20. The molecule has 0 spiro atoms. The van der Waals surface area contributed by atoms with Crippen molar-refractivity contribution in [3.8, 4) is 0 Å². The van der Waals surface area contributed by atoms with Crippen molar-refractivity contribution in [2.45, 2.75) is 18.8 Å². The van der Waals surface area contributed by atoms with Crippen molar-refractivity contribution >= 4 is 11.6 Å². The van der Waals surface area contributed by atoms with E-state index in [9.17, 15) is 0 Å². The minimum absolute atomic E-state index is 0.472. The summed E-state index contributed by atoms with van der Waals surface area (Å²) >= 11 is 5.83. The van der Waals surface area contributed by atoms with Gasteiger partial charge in [0.2, 0.25) is 0 Å². The number of hydrogen-bond acceptors (Lipinski definition) is 3. The molecule has 2 rings (SSSR count). The first-order valence-corrected chi connectivity index (χ1v) is 4.80. The van der Waals surface area contributed by atoms with Crippen LogP contribution in [0.1, 0.15) is 24.5 Å². The van der Waals surface area contributed by atoms with Crippen LogP contribution in [-0.4, -0.2) is 23.4 Å². The summed E-state index contributed by atoms with van der Waals surface area (Å²) in [5.41, 5.74) is 0.996. The molecule has 1 aliphatic rings. The Morgan fingerprint density at radius 3 is 2.85 bits per heavy atom. The Morgan fingerprint density at radius 2 is 2.15 bits per heavy atom. The standard InChI is InChI=1S/C9H11ClN2O/c10-8-5-9(12-11-6-8)7-1-3-13-4-2-7/h5-7H,1-4H2. The van der Waals surface area contributed by atoms with Crippen LogP contribution in [0.3, 0.4) is 0 Å². The largest absolute Gasteiger partial charge is 0.381 e. The lowest BCUT2D eigenvalue weighted by atomic mass is 9.96. The van der Waals surface area contributed by atoms with Crippen LogP contribution in [0.5, 0.6) is 0 Å². The summed E-state index contributed by atoms with van der Waals surface area (Å²) in [6, 6.07) is 1.89. The minimum atomic E-state index is 0.472. The summed E-state index contributed by atoms with van der Waals surface area (Å²) in [7, 11) is 0. The lowest BCUT2D eigenvalue weighted by Crippen LogP contribution is -2.15. The molecule has 0 aromatic carbocycles. The molecule has 4 heteroatoms. The number of halogens is 1. The van der Waals surface area contributed by atoms with Gasteiger partial charge in [0.05, 0.1) is 16.9 Å². The number of aromatic nitrogens is 2. The first-order valence-electron chi connectivity index (χ1n) is 4.42. The van der Waals surface area contributed by atoms with E-state index in [1.165, 1.54) is 0 Å². The molecular formula is C9H11ClN2O. The maximum absolute atomic E-state index is 5.83. The van der Waals surface area contributed by atoms with E-state index in [1.54, 1.807) is 6.20 Å². The highest BCUT2D eigenvalue weighted by atomic mass is 35.5. The van der Waals surface area contributed by atoms with E-state index in [1.807, 2.05) is 6.07 Å². The van der Waals surface area contributed by atoms with Crippen molar-refractivity contribution in [3.63, 3.8) is 0 Å². The minimum Gasteiger partial charge on any atom is -0.381 e. The molecule has 0 bridgehead atoms. The van der Waals surface area contributed by atoms with E-state index in [-0.39, 0.29) is 0 Å². The molecule has 1 aromatic rings. The first kappa shape index (κ1) is 8.91. The smallest absolute Gasteiger partial charge is 0.0682 e. The van der Waals surface area contributed by atoms with Gasteiger partial charge in [0.1, 0.15) is 0 Å². The molecule has 0 amide bonds. The molecule has 0 unspecified atom stereocenters. The fourth-order valence-electron chi connectivity index (χ4n) is 1.55. The summed E-state index contributed by atoms with van der Waals surface area (Å²) in [6.45, 7) is 1.64. The average molecular weight is 199 g/mol. The molecule has 0 saturated carbocycles. The van der Waals surface area contributed by atoms with Gasteiger partial charge in [-0.25, -0.2) is 0 Å². The number of ether oxygens (including phenoxy) is 1. The maximum Gasteiger partial charge on any atom is 0.0682 e. The Balaban J connectivity index is 2.14. The van der Waals surface area contributed by atoms with Crippen LogP contribution in [-0.2, 0) is 4.74 Å². The predicted molar refractivity (Wildman–Crippen MR) is 49.8 cm³/mol. The molecule has 70 valence electrons. The van der Waals surface area contributed by atoms with Gasteiger partial charge in [-0.1, -0.05) is 11.6 Å². The fraction of sp³-hybridized carbons (Fsp3) is 0.556. The number of nitrogens with zero attached hydrogens (tertiary/aromatic N) is 2. The third-order valence-corrected chi connectivity index (χ3v) is 2.49. The molecule has 1 aromatic heterocycles. The fourth-order valence-corrected chi connectivity index (χ4v) is 1.71. The van der Waals surface area contributed by atoms with Crippen molar-refractivity contribution in [1.29, 1.82) is 0 Å². The Hall–Kier alpha value is -0.670. The number of rotatable bonds is 1. The highest BCUT2D eigenvalue weighted by molar-refractivity contribution is 6.30. The molecule has 0 aliphatic carbocycles. The van der Waals surface area contributed by atoms with Gasteiger partial charge in [-0.15, -0.1) is 0 Å². The van der Waals surface area contributed by atoms with E-state index >= 15 is 0 Å². The van der Waals surface area contributed by atoms with Gasteiger partial charge >= 0.3 is 0 Å². The van der Waals surface area contributed by atoms with Crippen LogP contribution in [0.15, 0.2) is 12.3 Å². The van der Waals surface area contributed by atoms with E-state index in [2.05, 4.69) is 10.2 Å². The molecule has 2 heterocycles. The van der Waals surface area contributed by atoms with Crippen LogP contribution in [0, 0.1) is 0 Å². The van der Waals surface area contributed by atoms with Gasteiger partial charge < -0.3 is 4.74 Å². The van der Waals surface area contributed by atoms with Crippen molar-refractivity contribution < 1.29 is 4.74 Å². The van der Waals surface area contributed by atoms with Crippen LogP contribution < -0.4 is 0 Å². The Labute approximate surface area is 82.1 Å². The normalized spacial score (nSPS) is 18.8. The van der Waals surface area contributed by atoms with Crippen molar-refractivity contribution in [2.75, 3.05) is 13.2 Å². The third kappa shape index (κ3) is 2.17. The maximum atomic E-state index is 5.83. The Morgan fingerprint density at radius 1 is 1.38 bits per heavy atom. The second-order valence-electron chi connectivity index (χ2n) is 3.19. The van der Waals surface area contributed by atoms with Gasteiger partial charge in [0.15, 0.2) is 0 Å². The van der Waals surface area contributed by atoms with Crippen LogP contribution in [0.25, 0.3) is 0 Å². The highest BCUT2D eigenvalue weighted by Gasteiger charge is 2.17. The van der Waals surface area contributed by atoms with Gasteiger partial charge in [0, 0.05) is 19.1 Å². The zero-order valence-corrected chi connectivity index (χ0v) is 8.00. The van der Waals surface area contributed by atoms with E-state index in [0.717, 1.165) is 31.7 Å². The van der Waals surface area contributed by atoms with Gasteiger partial charge in [0.25, 0.3) is 0 Å². The molecule has 1 saturated heterocycles. The molecule has 0 radical (unpaired) electrons. The van der Waals surface area contributed by atoms with E-state index in [4.69, 9.17) is 16.3 Å². The van der Waals surface area contributed by atoms with E-state index in [0.29, 0.717) is 10.9 Å². The summed E-state index contributed by atoms with van der Waals surface area (Å²) < 4.78 is 5.27. The molecule has 0 atom stereocenters. The zero-order valence-electron chi connectivity index (χ0n) is 7.24. The second-order valence-corrected chi connectivity index (χ2v) is 3.62. The summed E-state index contributed by atoms with van der Waals surface area (Å²) in [5, 5.41) is 8.57. The molecular weight excluding hydrogens is 188 g/mol. The topological polar surface area (TPSA) is 35.0 Å². The van der Waals surface area contributed by atoms with Crippen molar-refractivity contribution in [3.05, 3.63) is 23.0 Å². The molecule has 1 fully saturated rings. The highest BCUT2D eigenvalue weighted by Crippen LogP contribution is 2.25. The van der Waals surface area contributed by atoms with Gasteiger partial charge in [-0.2, -0.15) is 10.2 Å². The molecule has 0 N–H and O–H groups in total. The van der Waals surface area contributed by atoms with Gasteiger partial charge in [-0.3, -0.25) is 0 Å². The summed E-state index contributed by atoms with van der Waals surface area (Å²) in [5.74, 6) is 0.472. The lowest BCUT2D eigenvalue weighted by molar-refractivity contribution is 0.0843. The monoisotopic (exact) mass is 198 g/mol. The second kappa shape index (κ2) is 4.03. The predicted octanol–water partition coefficient (Wildman–Crippen LogP) is 2.02. The van der Waals surface area contributed by atoms with Crippen LogP contribution >= 0.6 is 11.6 Å². The van der Waals surface area contributed by atoms with Crippen LogP contribution in [0.4, 0.5) is 0 Å². The third-order valence-electron chi connectivity index (χ3n) is 2.28. The molecule has 1 aliphatic heterocycles. The summed E-state index contributed by atoms with van der Waals surface area (Å²) in [6.07, 6.45) is 3.61. The van der Waals surface area contributed by atoms with Gasteiger partial charge in [-0.05, 0) is 18.9 Å². The van der Waals surface area contributed by atoms with Crippen LogP contribution in [0.2, 0.25) is 5.02 Å². The summed E-state index contributed by atoms with van der Waals surface area (Å²) in [4.78, 5) is 0. The Kier molecular flexibility index (Phi) is 2.76. The molecule has 3 nitrogen and oxygen atoms in total. The first-order chi connectivity index (χ1) is 6.36. The quantitative estimate of drug-likeness (QED) is 0.693.